The molecule has 4 rings (SSSR count). The molecule has 3 N–H and O–H groups in total. The van der Waals surface area contributed by atoms with Crippen LogP contribution in [0.3, 0.4) is 0 Å². The van der Waals surface area contributed by atoms with Gasteiger partial charge in [-0.15, -0.1) is 0 Å². The summed E-state index contributed by atoms with van der Waals surface area (Å²) in [6, 6.07) is 22.2. The lowest BCUT2D eigenvalue weighted by atomic mass is 9.85. The van der Waals surface area contributed by atoms with Crippen molar-refractivity contribution in [3.8, 4) is 11.5 Å². The maximum atomic E-state index is 13.8. The monoisotopic (exact) mass is 651 g/mol. The van der Waals surface area contributed by atoms with E-state index >= 15 is 0 Å². The van der Waals surface area contributed by atoms with Crippen molar-refractivity contribution in [3.05, 3.63) is 90.0 Å². The molecule has 0 radical (unpaired) electrons. The Kier molecular flexibility index (Phi) is 12.2. The molecular formula is C35H45N3O7S. The van der Waals surface area contributed by atoms with Gasteiger partial charge >= 0.3 is 6.09 Å². The maximum Gasteiger partial charge on any atom is 0.408 e. The van der Waals surface area contributed by atoms with Crippen LogP contribution in [0.15, 0.2) is 83.8 Å². The summed E-state index contributed by atoms with van der Waals surface area (Å²) in [5.74, 6) is 0.793. The van der Waals surface area contributed by atoms with Gasteiger partial charge in [-0.3, -0.25) is 4.79 Å². The van der Waals surface area contributed by atoms with Crippen LogP contribution in [0.4, 0.5) is 4.79 Å². The number of benzene rings is 3. The topological polar surface area (TPSA) is 126 Å². The highest BCUT2D eigenvalue weighted by Gasteiger charge is 2.36. The van der Waals surface area contributed by atoms with Crippen LogP contribution in [0.5, 0.6) is 11.5 Å². The second kappa shape index (κ2) is 16.1. The van der Waals surface area contributed by atoms with Gasteiger partial charge in [-0.2, -0.15) is 0 Å². The van der Waals surface area contributed by atoms with Crippen LogP contribution in [0, 0.1) is 11.3 Å². The minimum absolute atomic E-state index is 0.0176. The Labute approximate surface area is 274 Å². The third-order valence-corrected chi connectivity index (χ3v) is 8.86. The zero-order valence-corrected chi connectivity index (χ0v) is 27.9. The minimum atomic E-state index is -1.63. The number of nitrogens with one attached hydrogen (secondary N) is 2. The van der Waals surface area contributed by atoms with Gasteiger partial charge in [-0.05, 0) is 41.0 Å². The minimum Gasteiger partial charge on any atom is -0.454 e. The van der Waals surface area contributed by atoms with Crippen molar-refractivity contribution in [3.63, 3.8) is 0 Å². The van der Waals surface area contributed by atoms with E-state index in [2.05, 4.69) is 10.6 Å². The number of rotatable bonds is 14. The number of amides is 2. The summed E-state index contributed by atoms with van der Waals surface area (Å²) >= 11 is 0. The van der Waals surface area contributed by atoms with Gasteiger partial charge in [0, 0.05) is 19.2 Å². The number of hydrogen-bond acceptors (Lipinski definition) is 7. The van der Waals surface area contributed by atoms with Gasteiger partial charge in [-0.25, -0.2) is 13.3 Å². The van der Waals surface area contributed by atoms with Crippen LogP contribution >= 0.6 is 0 Å². The molecule has 3 aromatic rings. The molecule has 0 fully saturated rings. The molecule has 1 aliphatic heterocycles. The van der Waals surface area contributed by atoms with E-state index in [0.29, 0.717) is 29.4 Å². The quantitative estimate of drug-likeness (QED) is 0.228. The highest BCUT2D eigenvalue weighted by atomic mass is 32.2. The van der Waals surface area contributed by atoms with Gasteiger partial charge in [0.05, 0.1) is 17.0 Å². The van der Waals surface area contributed by atoms with Crippen molar-refractivity contribution < 1.29 is 33.1 Å². The van der Waals surface area contributed by atoms with Gasteiger partial charge in [0.15, 0.2) is 11.5 Å². The number of alkyl carbamates (subject to hydrolysis) is 1. The number of carbonyl (C=O) groups excluding carboxylic acids is 2. The largest absolute Gasteiger partial charge is 0.454 e. The average Bonchev–Trinajstić information content (AvgIpc) is 3.50. The highest BCUT2D eigenvalue weighted by Crippen LogP contribution is 2.34. The summed E-state index contributed by atoms with van der Waals surface area (Å²) in [6.45, 7) is 10.2. The molecule has 1 unspecified atom stereocenters. The predicted octanol–water partition coefficient (Wildman–Crippen LogP) is 4.83. The second-order valence-corrected chi connectivity index (χ2v) is 14.4. The predicted molar refractivity (Wildman–Crippen MR) is 176 cm³/mol. The zero-order valence-electron chi connectivity index (χ0n) is 27.1. The van der Waals surface area contributed by atoms with Crippen molar-refractivity contribution in [1.82, 2.24) is 14.9 Å². The number of nitrogens with zero attached hydrogens (tertiary/aromatic N) is 1. The first-order chi connectivity index (χ1) is 21.9. The molecule has 11 heteroatoms. The van der Waals surface area contributed by atoms with Gasteiger partial charge < -0.3 is 30.0 Å². The summed E-state index contributed by atoms with van der Waals surface area (Å²) in [4.78, 5) is 27.2. The summed E-state index contributed by atoms with van der Waals surface area (Å²) in [5, 5.41) is 17.4. The van der Waals surface area contributed by atoms with Crippen LogP contribution in [-0.4, -0.2) is 63.7 Å². The third-order valence-electron chi connectivity index (χ3n) is 7.43. The second-order valence-electron chi connectivity index (χ2n) is 12.9. The van der Waals surface area contributed by atoms with E-state index in [4.69, 9.17) is 14.2 Å². The fourth-order valence-corrected chi connectivity index (χ4v) is 6.48. The van der Waals surface area contributed by atoms with E-state index in [-0.39, 0.29) is 25.9 Å². The van der Waals surface area contributed by atoms with Gasteiger partial charge in [0.25, 0.3) is 0 Å². The first-order valence-electron chi connectivity index (χ1n) is 15.5. The SMILES string of the molecule is CC(C)CN(C[C@@H](O)[C@H](Cc1ccccc1)NC(=O)[C@@H](NC(=O)OCc1ccccc1)C(C)(C)C)S(=O)c1ccc2c(c1)OCO2. The standard InChI is InChI=1S/C35H45N3O7S/c1-24(2)20-38(46(42)27-16-17-30-31(19-27)45-23-44-30)21-29(39)28(18-25-12-8-6-9-13-25)36-33(40)32(35(3,4)5)37-34(41)43-22-26-14-10-7-11-15-26/h6-17,19,24,28-29,32,39H,18,20-23H2,1-5H3,(H,36,40)(H,37,41)/t28-,29+,32+,46?/m0/s1. The van der Waals surface area contributed by atoms with Crippen molar-refractivity contribution in [1.29, 1.82) is 0 Å². The molecule has 0 saturated heterocycles. The molecule has 0 spiro atoms. The Morgan fingerprint density at radius 2 is 1.54 bits per heavy atom. The molecule has 0 aromatic heterocycles. The first-order valence-corrected chi connectivity index (χ1v) is 16.6. The van der Waals surface area contributed by atoms with Crippen LogP contribution < -0.4 is 20.1 Å². The maximum absolute atomic E-state index is 13.8. The molecule has 0 bridgehead atoms. The normalized spacial score (nSPS) is 15.2. The van der Waals surface area contributed by atoms with E-state index in [1.54, 1.807) is 22.5 Å². The fourth-order valence-electron chi connectivity index (χ4n) is 5.06. The number of aliphatic hydroxyl groups excluding tert-OH is 1. The van der Waals surface area contributed by atoms with Crippen LogP contribution in [-0.2, 0) is 33.5 Å². The number of carbonyl (C=O) groups is 2. The molecule has 3 aromatic carbocycles. The van der Waals surface area contributed by atoms with Gasteiger partial charge in [0.2, 0.25) is 12.7 Å². The van der Waals surface area contributed by atoms with E-state index in [0.717, 1.165) is 11.1 Å². The van der Waals surface area contributed by atoms with E-state index in [9.17, 15) is 18.9 Å². The Morgan fingerprint density at radius 1 is 0.913 bits per heavy atom. The summed E-state index contributed by atoms with van der Waals surface area (Å²) in [7, 11) is -1.63. The molecular weight excluding hydrogens is 606 g/mol. The fraction of sp³-hybridized carbons (Fsp3) is 0.429. The lowest BCUT2D eigenvalue weighted by molar-refractivity contribution is -0.127. The number of hydrogen-bond donors (Lipinski definition) is 3. The molecule has 4 atom stereocenters. The number of fused-ring (bicyclic) bond motifs is 1. The average molecular weight is 652 g/mol. The summed E-state index contributed by atoms with van der Waals surface area (Å²) in [5.41, 5.74) is 1.05. The van der Waals surface area contributed by atoms with Crippen molar-refractivity contribution in [2.24, 2.45) is 11.3 Å². The van der Waals surface area contributed by atoms with E-state index in [1.807, 2.05) is 95.3 Å². The van der Waals surface area contributed by atoms with Crippen molar-refractivity contribution in [2.75, 3.05) is 19.9 Å². The van der Waals surface area contributed by atoms with Crippen LogP contribution in [0.25, 0.3) is 0 Å². The molecule has 1 aliphatic rings. The van der Waals surface area contributed by atoms with Crippen LogP contribution in [0.1, 0.15) is 45.7 Å². The molecule has 0 saturated carbocycles. The lowest BCUT2D eigenvalue weighted by Crippen LogP contribution is -2.58. The Morgan fingerprint density at radius 3 is 2.17 bits per heavy atom. The summed E-state index contributed by atoms with van der Waals surface area (Å²) < 4.78 is 31.8. The Hall–Kier alpha value is -3.93. The molecule has 0 aliphatic carbocycles. The van der Waals surface area contributed by atoms with Gasteiger partial charge in [0.1, 0.15) is 23.6 Å². The lowest BCUT2D eigenvalue weighted by Gasteiger charge is -2.34. The van der Waals surface area contributed by atoms with Crippen LogP contribution in [0.2, 0.25) is 0 Å². The molecule has 2 amide bonds. The molecule has 46 heavy (non-hydrogen) atoms. The highest BCUT2D eigenvalue weighted by molar-refractivity contribution is 7.82. The van der Waals surface area contributed by atoms with E-state index < -0.39 is 46.6 Å². The molecule has 10 nitrogen and oxygen atoms in total. The Bertz CT molecular complexity index is 1460. The zero-order chi connectivity index (χ0) is 33.3. The van der Waals surface area contributed by atoms with Crippen molar-refractivity contribution in [2.45, 2.75) is 70.7 Å². The van der Waals surface area contributed by atoms with E-state index in [1.165, 1.54) is 0 Å². The molecule has 1 heterocycles. The molecule has 248 valence electrons. The Balaban J connectivity index is 1.51. The van der Waals surface area contributed by atoms with Gasteiger partial charge in [-0.1, -0.05) is 95.3 Å². The first kappa shape index (κ1) is 34.9. The van der Waals surface area contributed by atoms with Crippen molar-refractivity contribution >= 4 is 23.0 Å². The summed E-state index contributed by atoms with van der Waals surface area (Å²) in [6.07, 6.45) is -1.51. The number of ether oxygens (including phenoxy) is 3. The smallest absolute Gasteiger partial charge is 0.408 e. The third kappa shape index (κ3) is 10.0. The number of aliphatic hydroxyl groups is 1.